The zero-order chi connectivity index (χ0) is 14.1. The minimum Gasteiger partial charge on any atom is -0.305 e. The highest BCUT2D eigenvalue weighted by Gasteiger charge is 2.22. The Labute approximate surface area is 125 Å². The molecule has 0 amide bonds. The quantitative estimate of drug-likeness (QED) is 0.920. The Morgan fingerprint density at radius 3 is 2.60 bits per heavy atom. The van der Waals surface area contributed by atoms with Gasteiger partial charge < -0.3 is 5.32 Å². The van der Waals surface area contributed by atoms with Crippen molar-refractivity contribution in [2.24, 2.45) is 0 Å². The molecule has 0 bridgehead atoms. The number of thiazole rings is 1. The van der Waals surface area contributed by atoms with Gasteiger partial charge in [-0.3, -0.25) is 0 Å². The van der Waals surface area contributed by atoms with Gasteiger partial charge in [-0.05, 0) is 45.2 Å². The van der Waals surface area contributed by atoms with E-state index in [4.69, 9.17) is 4.98 Å². The van der Waals surface area contributed by atoms with Crippen LogP contribution in [-0.2, 0) is 12.8 Å². The summed E-state index contributed by atoms with van der Waals surface area (Å²) >= 11 is 1.90. The van der Waals surface area contributed by atoms with E-state index >= 15 is 0 Å². The number of hydrogen-bond donors (Lipinski definition) is 1. The van der Waals surface area contributed by atoms with Crippen LogP contribution >= 0.6 is 11.3 Å². The van der Waals surface area contributed by atoms with E-state index in [1.54, 1.807) is 0 Å². The third-order valence-corrected chi connectivity index (χ3v) is 5.07. The molecule has 1 heterocycles. The lowest BCUT2D eigenvalue weighted by atomic mass is 10.0. The molecule has 0 spiro atoms. The molecule has 1 N–H and O–H groups in total. The van der Waals surface area contributed by atoms with Crippen LogP contribution in [0.4, 0.5) is 0 Å². The van der Waals surface area contributed by atoms with Crippen LogP contribution in [0.1, 0.15) is 51.7 Å². The second-order valence-corrected chi connectivity index (χ2v) is 6.80. The molecule has 0 aliphatic heterocycles. The van der Waals surface area contributed by atoms with Gasteiger partial charge in [-0.1, -0.05) is 36.2 Å². The Balaban J connectivity index is 1.98. The summed E-state index contributed by atoms with van der Waals surface area (Å²) in [6.07, 6.45) is 3.67. The molecule has 1 aliphatic carbocycles. The molecular formula is C17H22N2S. The zero-order valence-electron chi connectivity index (χ0n) is 12.5. The molecule has 2 nitrogen and oxygen atoms in total. The van der Waals surface area contributed by atoms with E-state index in [0.29, 0.717) is 0 Å². The Kier molecular flexibility index (Phi) is 3.90. The highest BCUT2D eigenvalue weighted by molar-refractivity contribution is 7.11. The highest BCUT2D eigenvalue weighted by atomic mass is 32.1. The summed E-state index contributed by atoms with van der Waals surface area (Å²) in [5, 5.41) is 4.84. The van der Waals surface area contributed by atoms with Crippen molar-refractivity contribution >= 4 is 11.3 Å². The summed E-state index contributed by atoms with van der Waals surface area (Å²) < 4.78 is 0. The summed E-state index contributed by atoms with van der Waals surface area (Å²) in [4.78, 5) is 6.41. The smallest absolute Gasteiger partial charge is 0.115 e. The maximum Gasteiger partial charge on any atom is 0.115 e. The minimum absolute atomic E-state index is 0.245. The van der Waals surface area contributed by atoms with Gasteiger partial charge in [0.05, 0.1) is 11.7 Å². The van der Waals surface area contributed by atoms with Crippen LogP contribution in [0.2, 0.25) is 0 Å². The van der Waals surface area contributed by atoms with Gasteiger partial charge in [0.15, 0.2) is 0 Å². The molecule has 2 aromatic rings. The molecule has 3 heteroatoms. The lowest BCUT2D eigenvalue weighted by molar-refractivity contribution is 0.624. The Morgan fingerprint density at radius 1 is 1.20 bits per heavy atom. The number of hydrogen-bond acceptors (Lipinski definition) is 3. The first-order valence-electron chi connectivity index (χ1n) is 7.47. The van der Waals surface area contributed by atoms with Crippen LogP contribution in [0.15, 0.2) is 18.2 Å². The SMILES string of the molecule is CCNC(c1cc(C)cc(C)c1)c1nc2c(s1)CCC2. The maximum absolute atomic E-state index is 4.90. The first-order valence-corrected chi connectivity index (χ1v) is 8.29. The van der Waals surface area contributed by atoms with E-state index in [1.165, 1.54) is 45.1 Å². The summed E-state index contributed by atoms with van der Waals surface area (Å²) in [6, 6.07) is 7.04. The average Bonchev–Trinajstić information content (AvgIpc) is 2.95. The first kappa shape index (κ1) is 13.8. The van der Waals surface area contributed by atoms with Crippen LogP contribution in [0, 0.1) is 13.8 Å². The van der Waals surface area contributed by atoms with Crippen LogP contribution in [0.5, 0.6) is 0 Å². The van der Waals surface area contributed by atoms with Crippen molar-refractivity contribution in [3.8, 4) is 0 Å². The number of benzene rings is 1. The van der Waals surface area contributed by atoms with Gasteiger partial charge in [-0.15, -0.1) is 11.3 Å². The normalized spacial score (nSPS) is 15.3. The van der Waals surface area contributed by atoms with E-state index in [9.17, 15) is 0 Å². The average molecular weight is 286 g/mol. The monoisotopic (exact) mass is 286 g/mol. The fourth-order valence-electron chi connectivity index (χ4n) is 3.06. The molecule has 1 unspecified atom stereocenters. The van der Waals surface area contributed by atoms with E-state index < -0.39 is 0 Å². The number of fused-ring (bicyclic) bond motifs is 1. The molecule has 0 radical (unpaired) electrons. The Morgan fingerprint density at radius 2 is 1.95 bits per heavy atom. The molecule has 20 heavy (non-hydrogen) atoms. The fraction of sp³-hybridized carbons (Fsp3) is 0.471. The van der Waals surface area contributed by atoms with Crippen molar-refractivity contribution in [1.82, 2.24) is 10.3 Å². The second-order valence-electron chi connectivity index (χ2n) is 5.69. The maximum atomic E-state index is 4.90. The molecule has 1 aliphatic rings. The molecule has 0 saturated carbocycles. The van der Waals surface area contributed by atoms with Gasteiger partial charge in [0, 0.05) is 4.88 Å². The number of rotatable bonds is 4. The van der Waals surface area contributed by atoms with Crippen LogP contribution in [-0.4, -0.2) is 11.5 Å². The summed E-state index contributed by atoms with van der Waals surface area (Å²) in [7, 11) is 0. The van der Waals surface area contributed by atoms with Crippen molar-refractivity contribution in [3.05, 3.63) is 50.5 Å². The number of nitrogens with one attached hydrogen (secondary N) is 1. The van der Waals surface area contributed by atoms with Crippen molar-refractivity contribution in [3.63, 3.8) is 0 Å². The summed E-state index contributed by atoms with van der Waals surface area (Å²) in [5.41, 5.74) is 5.34. The van der Waals surface area contributed by atoms with Gasteiger partial charge in [0.25, 0.3) is 0 Å². The van der Waals surface area contributed by atoms with E-state index in [1.807, 2.05) is 11.3 Å². The van der Waals surface area contributed by atoms with Crippen LogP contribution < -0.4 is 5.32 Å². The highest BCUT2D eigenvalue weighted by Crippen LogP contribution is 2.33. The van der Waals surface area contributed by atoms with E-state index in [0.717, 1.165) is 13.0 Å². The van der Waals surface area contributed by atoms with Crippen LogP contribution in [0.25, 0.3) is 0 Å². The third kappa shape index (κ3) is 2.65. The Bertz CT molecular complexity index is 574. The minimum atomic E-state index is 0.245. The summed E-state index contributed by atoms with van der Waals surface area (Å²) in [6.45, 7) is 7.46. The van der Waals surface area contributed by atoms with Crippen molar-refractivity contribution in [1.29, 1.82) is 0 Å². The standard InChI is InChI=1S/C17H22N2S/c1-4-18-16(13-9-11(2)8-12(3)10-13)17-19-14-6-5-7-15(14)20-17/h8-10,16,18H,4-7H2,1-3H3. The Hall–Kier alpha value is -1.19. The molecule has 1 aromatic carbocycles. The van der Waals surface area contributed by atoms with Gasteiger partial charge in [-0.2, -0.15) is 0 Å². The largest absolute Gasteiger partial charge is 0.305 e. The lowest BCUT2D eigenvalue weighted by Gasteiger charge is -2.17. The first-order chi connectivity index (χ1) is 9.67. The van der Waals surface area contributed by atoms with E-state index in [-0.39, 0.29) is 6.04 Å². The second kappa shape index (κ2) is 5.66. The molecular weight excluding hydrogens is 264 g/mol. The molecule has 0 saturated heterocycles. The number of nitrogens with zero attached hydrogens (tertiary/aromatic N) is 1. The van der Waals surface area contributed by atoms with Crippen LogP contribution in [0.3, 0.4) is 0 Å². The van der Waals surface area contributed by atoms with Crippen molar-refractivity contribution in [2.45, 2.75) is 46.1 Å². The molecule has 0 fully saturated rings. The number of aromatic nitrogens is 1. The number of aryl methyl sites for hydroxylation is 4. The molecule has 3 rings (SSSR count). The lowest BCUT2D eigenvalue weighted by Crippen LogP contribution is -2.22. The van der Waals surface area contributed by atoms with Crippen molar-refractivity contribution < 1.29 is 0 Å². The molecule has 106 valence electrons. The van der Waals surface area contributed by atoms with E-state index in [2.05, 4.69) is 44.3 Å². The summed E-state index contributed by atoms with van der Waals surface area (Å²) in [5.74, 6) is 0. The third-order valence-electron chi connectivity index (χ3n) is 3.84. The van der Waals surface area contributed by atoms with Gasteiger partial charge in [-0.25, -0.2) is 4.98 Å². The predicted molar refractivity (Wildman–Crippen MR) is 85.6 cm³/mol. The predicted octanol–water partition coefficient (Wildman–Crippen LogP) is 3.95. The van der Waals surface area contributed by atoms with Gasteiger partial charge >= 0.3 is 0 Å². The fourth-order valence-corrected chi connectivity index (χ4v) is 4.32. The van der Waals surface area contributed by atoms with Gasteiger partial charge in [0.1, 0.15) is 5.01 Å². The molecule has 1 atom stereocenters. The van der Waals surface area contributed by atoms with Gasteiger partial charge in [0.2, 0.25) is 0 Å². The zero-order valence-corrected chi connectivity index (χ0v) is 13.3. The molecule has 1 aromatic heterocycles. The van der Waals surface area contributed by atoms with Crippen molar-refractivity contribution in [2.75, 3.05) is 6.54 Å². The topological polar surface area (TPSA) is 24.9 Å².